The summed E-state index contributed by atoms with van der Waals surface area (Å²) in [6.45, 7) is 1.61. The molecule has 88 valence electrons. The normalized spacial score (nSPS) is 24.9. The Kier molecular flexibility index (Phi) is 3.51. The van der Waals surface area contributed by atoms with Crippen LogP contribution in [0.1, 0.15) is 19.8 Å². The number of alkyl halides is 1. The van der Waals surface area contributed by atoms with Crippen molar-refractivity contribution in [2.75, 3.05) is 0 Å². The van der Waals surface area contributed by atoms with Gasteiger partial charge in [-0.15, -0.1) is 0 Å². The van der Waals surface area contributed by atoms with Gasteiger partial charge in [0.2, 0.25) is 0 Å². The van der Waals surface area contributed by atoms with Crippen molar-refractivity contribution in [3.8, 4) is 0 Å². The van der Waals surface area contributed by atoms with Gasteiger partial charge >= 0.3 is 11.8 Å². The predicted octanol–water partition coefficient (Wildman–Crippen LogP) is 2.29. The third-order valence-corrected chi connectivity index (χ3v) is 1.90. The van der Waals surface area contributed by atoms with Crippen LogP contribution in [0.25, 0.3) is 0 Å². The third kappa shape index (κ3) is 2.15. The minimum absolute atomic E-state index is 0.183. The fourth-order valence-electron chi connectivity index (χ4n) is 1.10. The average Bonchev–Trinajstić information content (AvgIpc) is 2.22. The molecule has 0 aromatic rings. The molecule has 0 N–H and O–H groups in total. The van der Waals surface area contributed by atoms with Gasteiger partial charge in [0.25, 0.3) is 5.78 Å². The molecule has 0 saturated carbocycles. The van der Waals surface area contributed by atoms with E-state index in [0.717, 1.165) is 0 Å². The summed E-state index contributed by atoms with van der Waals surface area (Å²) in [6.07, 6.45) is 1.05. The van der Waals surface area contributed by atoms with Crippen LogP contribution in [0.2, 0.25) is 0 Å². The molecule has 6 heteroatoms. The third-order valence-electron chi connectivity index (χ3n) is 1.90. The highest BCUT2D eigenvalue weighted by molar-refractivity contribution is 6.03. The van der Waals surface area contributed by atoms with Crippen LogP contribution in [0.3, 0.4) is 0 Å². The van der Waals surface area contributed by atoms with Crippen molar-refractivity contribution in [3.05, 3.63) is 23.8 Å². The van der Waals surface area contributed by atoms with Gasteiger partial charge in [0.1, 0.15) is 0 Å². The van der Waals surface area contributed by atoms with Gasteiger partial charge in [-0.1, -0.05) is 6.92 Å². The minimum Gasteiger partial charge on any atom is -0.415 e. The highest BCUT2D eigenvalue weighted by atomic mass is 19.2. The molecular weight excluding hydrogens is 225 g/mol. The molecule has 1 aliphatic rings. The Morgan fingerprint density at radius 2 is 2.06 bits per heavy atom. The van der Waals surface area contributed by atoms with Gasteiger partial charge in [0, 0.05) is 6.42 Å². The molecule has 1 unspecified atom stereocenters. The van der Waals surface area contributed by atoms with Crippen molar-refractivity contribution in [2.24, 2.45) is 0 Å². The summed E-state index contributed by atoms with van der Waals surface area (Å²) in [4.78, 5) is 22.0. The van der Waals surface area contributed by atoms with Gasteiger partial charge in [0.15, 0.2) is 11.7 Å². The molecule has 0 aromatic heterocycles. The van der Waals surface area contributed by atoms with E-state index in [1.807, 2.05) is 0 Å². The van der Waals surface area contributed by atoms with E-state index in [1.54, 1.807) is 6.92 Å². The second kappa shape index (κ2) is 4.51. The summed E-state index contributed by atoms with van der Waals surface area (Å²) >= 11 is 0. The summed E-state index contributed by atoms with van der Waals surface area (Å²) < 4.78 is 43.5. The van der Waals surface area contributed by atoms with Crippen LogP contribution < -0.4 is 0 Å². The molecule has 0 amide bonds. The number of halogens is 3. The molecule has 1 atom stereocenters. The van der Waals surface area contributed by atoms with Crippen molar-refractivity contribution in [3.63, 3.8) is 0 Å². The molecule has 0 saturated heterocycles. The van der Waals surface area contributed by atoms with Gasteiger partial charge < -0.3 is 4.74 Å². The summed E-state index contributed by atoms with van der Waals surface area (Å²) in [5.74, 6) is -9.71. The Hall–Kier alpha value is -1.59. The molecule has 16 heavy (non-hydrogen) atoms. The first-order chi connectivity index (χ1) is 7.41. The topological polar surface area (TPSA) is 43.4 Å². The molecule has 0 fully saturated rings. The lowest BCUT2D eigenvalue weighted by atomic mass is 10.1. The number of carbonyl (C=O) groups excluding carboxylic acids is 2. The fourth-order valence-corrected chi connectivity index (χ4v) is 1.10. The molecule has 1 aliphatic carbocycles. The Labute approximate surface area is 89.6 Å². The summed E-state index contributed by atoms with van der Waals surface area (Å²) in [5, 5.41) is 0. The second-order valence-electron chi connectivity index (χ2n) is 3.18. The quantitative estimate of drug-likeness (QED) is 0.703. The number of Topliss-reactive ketones (excluding diaryl/α,β-unsaturated/α-hetero) is 1. The summed E-state index contributed by atoms with van der Waals surface area (Å²) in [6, 6.07) is 0. The monoisotopic (exact) mass is 234 g/mol. The zero-order valence-corrected chi connectivity index (χ0v) is 8.43. The van der Waals surface area contributed by atoms with Gasteiger partial charge in [-0.05, 0) is 18.6 Å². The first kappa shape index (κ1) is 12.5. The fraction of sp³-hybridized carbons (Fsp3) is 0.400. The molecule has 0 heterocycles. The maximum absolute atomic E-state index is 13.7. The van der Waals surface area contributed by atoms with Crippen LogP contribution in [0.4, 0.5) is 13.2 Å². The number of carbonyl (C=O) groups is 2. The van der Waals surface area contributed by atoms with Crippen LogP contribution in [0.15, 0.2) is 23.8 Å². The number of ketones is 1. The molecule has 1 rings (SSSR count). The second-order valence-corrected chi connectivity index (χ2v) is 3.18. The van der Waals surface area contributed by atoms with Crippen LogP contribution in [0, 0.1) is 0 Å². The number of esters is 1. The first-order valence-corrected chi connectivity index (χ1v) is 4.60. The Morgan fingerprint density at radius 1 is 1.44 bits per heavy atom. The molecule has 0 spiro atoms. The van der Waals surface area contributed by atoms with Crippen molar-refractivity contribution >= 4 is 11.8 Å². The molecular formula is C10H9F3O3. The van der Waals surface area contributed by atoms with Crippen molar-refractivity contribution in [2.45, 2.75) is 25.6 Å². The van der Waals surface area contributed by atoms with E-state index in [-0.39, 0.29) is 6.42 Å². The molecule has 3 nitrogen and oxygen atoms in total. The van der Waals surface area contributed by atoms with Crippen LogP contribution in [-0.4, -0.2) is 17.6 Å². The van der Waals surface area contributed by atoms with E-state index < -0.39 is 29.3 Å². The van der Waals surface area contributed by atoms with E-state index in [2.05, 4.69) is 4.74 Å². The summed E-state index contributed by atoms with van der Waals surface area (Å²) in [7, 11) is 0. The Bertz CT molecular complexity index is 383. The van der Waals surface area contributed by atoms with Gasteiger partial charge in [-0.2, -0.15) is 4.39 Å². The van der Waals surface area contributed by atoms with Gasteiger partial charge in [0.05, 0.1) is 0 Å². The number of rotatable bonds is 3. The van der Waals surface area contributed by atoms with E-state index in [4.69, 9.17) is 0 Å². The lowest BCUT2D eigenvalue weighted by Crippen LogP contribution is -2.41. The van der Waals surface area contributed by atoms with Crippen molar-refractivity contribution in [1.82, 2.24) is 0 Å². The SMILES string of the molecule is CCCC(=O)OC1(F)C(=O)C(F)=CC=C1F. The minimum atomic E-state index is -3.65. The van der Waals surface area contributed by atoms with E-state index in [1.165, 1.54) is 0 Å². The van der Waals surface area contributed by atoms with Gasteiger partial charge in [-0.25, -0.2) is 8.78 Å². The average molecular weight is 234 g/mol. The van der Waals surface area contributed by atoms with E-state index in [0.29, 0.717) is 18.6 Å². The number of hydrogen-bond acceptors (Lipinski definition) is 3. The molecule has 0 bridgehead atoms. The predicted molar refractivity (Wildman–Crippen MR) is 48.2 cm³/mol. The molecule has 0 aromatic carbocycles. The van der Waals surface area contributed by atoms with Crippen LogP contribution in [-0.2, 0) is 14.3 Å². The maximum atomic E-state index is 13.7. The smallest absolute Gasteiger partial charge is 0.369 e. The zero-order valence-electron chi connectivity index (χ0n) is 8.43. The number of allylic oxidation sites excluding steroid dienone is 2. The lowest BCUT2D eigenvalue weighted by molar-refractivity contribution is -0.183. The van der Waals surface area contributed by atoms with Gasteiger partial charge in [-0.3, -0.25) is 9.59 Å². The summed E-state index contributed by atoms with van der Waals surface area (Å²) in [5.41, 5.74) is 0. The number of hydrogen-bond donors (Lipinski definition) is 0. The number of ether oxygens (including phenoxy) is 1. The van der Waals surface area contributed by atoms with Crippen LogP contribution >= 0.6 is 0 Å². The maximum Gasteiger partial charge on any atom is 0.369 e. The van der Waals surface area contributed by atoms with E-state index in [9.17, 15) is 22.8 Å². The lowest BCUT2D eigenvalue weighted by Gasteiger charge is -2.23. The molecule has 0 aliphatic heterocycles. The first-order valence-electron chi connectivity index (χ1n) is 4.60. The standard InChI is InChI=1S/C10H9F3O3/c1-2-3-8(14)16-10(13)7(12)5-4-6(11)9(10)15/h4-5H,2-3H2,1H3. The largest absolute Gasteiger partial charge is 0.415 e. The van der Waals surface area contributed by atoms with Crippen LogP contribution in [0.5, 0.6) is 0 Å². The zero-order chi connectivity index (χ0) is 12.3. The van der Waals surface area contributed by atoms with Crippen molar-refractivity contribution < 1.29 is 27.5 Å². The van der Waals surface area contributed by atoms with Crippen molar-refractivity contribution in [1.29, 1.82) is 0 Å². The Balaban J connectivity index is 2.92. The van der Waals surface area contributed by atoms with E-state index >= 15 is 0 Å². The highest BCUT2D eigenvalue weighted by Crippen LogP contribution is 2.33. The Morgan fingerprint density at radius 3 is 2.62 bits per heavy atom. The highest BCUT2D eigenvalue weighted by Gasteiger charge is 2.51. The molecule has 0 radical (unpaired) electrons.